The van der Waals surface area contributed by atoms with Crippen molar-refractivity contribution >= 4 is 50.9 Å². The first-order chi connectivity index (χ1) is 10.4. The van der Waals surface area contributed by atoms with Crippen LogP contribution in [0.25, 0.3) is 10.6 Å². The molecule has 1 N–H and O–H groups in total. The summed E-state index contributed by atoms with van der Waals surface area (Å²) in [5.41, 5.74) is 2.33. The molecule has 0 radical (unpaired) electrons. The molecule has 3 heterocycles. The predicted octanol–water partition coefficient (Wildman–Crippen LogP) is 4.59. The number of thiophene rings is 1. The molecular formula is C13H12N4S4. The number of thiazole rings is 1. The smallest absolute Gasteiger partial charge is 0.206 e. The summed E-state index contributed by atoms with van der Waals surface area (Å²) in [5.74, 6) is 0.846. The van der Waals surface area contributed by atoms with Gasteiger partial charge in [-0.25, -0.2) is 4.98 Å². The van der Waals surface area contributed by atoms with Crippen LogP contribution in [0, 0.1) is 0 Å². The first-order valence-electron chi connectivity index (χ1n) is 6.56. The molecule has 0 atom stereocenters. The summed E-state index contributed by atoms with van der Waals surface area (Å²) < 4.78 is 1.00. The Balaban J connectivity index is 1.36. The van der Waals surface area contributed by atoms with E-state index in [1.807, 2.05) is 0 Å². The van der Waals surface area contributed by atoms with Crippen LogP contribution in [0.4, 0.5) is 5.13 Å². The molecule has 0 aliphatic heterocycles. The predicted molar refractivity (Wildman–Crippen MR) is 91.5 cm³/mol. The minimum absolute atomic E-state index is 0.627. The first kappa shape index (κ1) is 13.7. The van der Waals surface area contributed by atoms with Crippen LogP contribution in [0.15, 0.2) is 26.5 Å². The normalized spacial score (nSPS) is 14.5. The molecule has 3 aromatic rings. The van der Waals surface area contributed by atoms with Crippen molar-refractivity contribution in [1.29, 1.82) is 0 Å². The quantitative estimate of drug-likeness (QED) is 0.658. The Bertz CT molecular complexity index is 714. The minimum Gasteiger partial charge on any atom is -0.357 e. The largest absolute Gasteiger partial charge is 0.357 e. The Morgan fingerprint density at radius 3 is 3.05 bits per heavy atom. The van der Waals surface area contributed by atoms with Crippen LogP contribution in [0.2, 0.25) is 0 Å². The van der Waals surface area contributed by atoms with Gasteiger partial charge < -0.3 is 5.32 Å². The van der Waals surface area contributed by atoms with E-state index < -0.39 is 0 Å². The molecule has 21 heavy (non-hydrogen) atoms. The third-order valence-electron chi connectivity index (χ3n) is 2.97. The van der Waals surface area contributed by atoms with Crippen LogP contribution < -0.4 is 5.32 Å². The molecule has 4 nitrogen and oxygen atoms in total. The first-order valence-corrected chi connectivity index (χ1v) is 10.2. The summed E-state index contributed by atoms with van der Waals surface area (Å²) in [6, 6.07) is 2.74. The fourth-order valence-corrected chi connectivity index (χ4v) is 5.12. The standard InChI is InChI=1S/C13H12N4S4/c1-2-9(1)15-12-16-17-13(21-12)20-7-10-6-19-11(14-10)8-3-4-18-5-8/h3-6,9H,1-2,7H2,(H,15,16). The van der Waals surface area contributed by atoms with E-state index in [0.29, 0.717) is 6.04 Å². The monoisotopic (exact) mass is 352 g/mol. The second kappa shape index (κ2) is 6.04. The molecule has 0 aromatic carbocycles. The second-order valence-corrected chi connectivity index (χ2v) is 8.57. The average molecular weight is 353 g/mol. The Morgan fingerprint density at radius 1 is 1.29 bits per heavy atom. The molecule has 0 spiro atoms. The molecule has 0 amide bonds. The molecule has 0 saturated heterocycles. The van der Waals surface area contributed by atoms with E-state index in [0.717, 1.165) is 25.9 Å². The molecule has 4 rings (SSSR count). The van der Waals surface area contributed by atoms with Gasteiger partial charge in [-0.2, -0.15) is 11.3 Å². The van der Waals surface area contributed by atoms with E-state index in [-0.39, 0.29) is 0 Å². The van der Waals surface area contributed by atoms with Gasteiger partial charge in [-0.1, -0.05) is 23.1 Å². The van der Waals surface area contributed by atoms with Crippen LogP contribution in [0.3, 0.4) is 0 Å². The van der Waals surface area contributed by atoms with Crippen molar-refractivity contribution in [3.63, 3.8) is 0 Å². The van der Waals surface area contributed by atoms with E-state index in [4.69, 9.17) is 0 Å². The zero-order chi connectivity index (χ0) is 14.1. The van der Waals surface area contributed by atoms with E-state index in [2.05, 4.69) is 42.7 Å². The van der Waals surface area contributed by atoms with Gasteiger partial charge in [0.05, 0.1) is 5.69 Å². The fraction of sp³-hybridized carbons (Fsp3) is 0.308. The van der Waals surface area contributed by atoms with Gasteiger partial charge in [0.2, 0.25) is 5.13 Å². The SMILES string of the molecule is c1cc(-c2nc(CSc3nnc(NC4CC4)s3)cs2)cs1. The van der Waals surface area contributed by atoms with Gasteiger partial charge in [0.25, 0.3) is 0 Å². The second-order valence-electron chi connectivity index (χ2n) is 4.74. The molecule has 0 unspecified atom stereocenters. The number of rotatable bonds is 6. The number of aromatic nitrogens is 3. The Labute approximate surface area is 138 Å². The highest BCUT2D eigenvalue weighted by Gasteiger charge is 2.22. The highest BCUT2D eigenvalue weighted by Crippen LogP contribution is 2.33. The van der Waals surface area contributed by atoms with Crippen molar-refractivity contribution in [3.8, 4) is 10.6 Å². The Hall–Kier alpha value is -0.960. The highest BCUT2D eigenvalue weighted by atomic mass is 32.2. The number of anilines is 1. The molecule has 108 valence electrons. The van der Waals surface area contributed by atoms with Gasteiger partial charge in [-0.05, 0) is 24.3 Å². The maximum absolute atomic E-state index is 4.68. The van der Waals surface area contributed by atoms with E-state index in [1.165, 1.54) is 18.4 Å². The lowest BCUT2D eigenvalue weighted by molar-refractivity contribution is 0.994. The van der Waals surface area contributed by atoms with E-state index in [9.17, 15) is 0 Å². The summed E-state index contributed by atoms with van der Waals surface area (Å²) in [5, 5.41) is 20.2. The highest BCUT2D eigenvalue weighted by molar-refractivity contribution is 8.00. The van der Waals surface area contributed by atoms with Crippen LogP contribution in [-0.2, 0) is 5.75 Å². The van der Waals surface area contributed by atoms with Crippen LogP contribution in [0.1, 0.15) is 18.5 Å². The topological polar surface area (TPSA) is 50.7 Å². The number of hydrogen-bond acceptors (Lipinski definition) is 8. The fourth-order valence-electron chi connectivity index (χ4n) is 1.76. The van der Waals surface area contributed by atoms with E-state index in [1.54, 1.807) is 45.8 Å². The van der Waals surface area contributed by atoms with Crippen LogP contribution in [0.5, 0.6) is 0 Å². The van der Waals surface area contributed by atoms with Gasteiger partial charge in [0, 0.05) is 28.1 Å². The van der Waals surface area contributed by atoms with Gasteiger partial charge in [-0.15, -0.1) is 21.5 Å². The maximum atomic E-state index is 4.68. The third kappa shape index (κ3) is 3.45. The molecule has 1 saturated carbocycles. The maximum Gasteiger partial charge on any atom is 0.206 e. The number of hydrogen-bond donors (Lipinski definition) is 1. The number of nitrogens with one attached hydrogen (secondary N) is 1. The third-order valence-corrected chi connectivity index (χ3v) is 6.62. The molecule has 8 heteroatoms. The summed E-state index contributed by atoms with van der Waals surface area (Å²) in [4.78, 5) is 4.68. The summed E-state index contributed by atoms with van der Waals surface area (Å²) >= 11 is 6.74. The Morgan fingerprint density at radius 2 is 2.24 bits per heavy atom. The summed E-state index contributed by atoms with van der Waals surface area (Å²) in [7, 11) is 0. The lowest BCUT2D eigenvalue weighted by Crippen LogP contribution is -1.99. The lowest BCUT2D eigenvalue weighted by atomic mass is 10.4. The molecule has 1 aliphatic rings. The molecular weight excluding hydrogens is 340 g/mol. The lowest BCUT2D eigenvalue weighted by Gasteiger charge is -1.94. The van der Waals surface area contributed by atoms with Crippen molar-refractivity contribution in [2.45, 2.75) is 29.0 Å². The number of nitrogens with zero attached hydrogens (tertiary/aromatic N) is 3. The molecule has 0 bridgehead atoms. The zero-order valence-electron chi connectivity index (χ0n) is 11.0. The summed E-state index contributed by atoms with van der Waals surface area (Å²) in [6.07, 6.45) is 2.51. The molecule has 1 aliphatic carbocycles. The van der Waals surface area contributed by atoms with Gasteiger partial charge in [0.1, 0.15) is 5.01 Å². The van der Waals surface area contributed by atoms with Crippen molar-refractivity contribution in [1.82, 2.24) is 15.2 Å². The number of thioether (sulfide) groups is 1. The van der Waals surface area contributed by atoms with E-state index >= 15 is 0 Å². The van der Waals surface area contributed by atoms with Gasteiger partial charge in [0.15, 0.2) is 4.34 Å². The molecule has 3 aromatic heterocycles. The van der Waals surface area contributed by atoms with Crippen molar-refractivity contribution < 1.29 is 0 Å². The Kier molecular flexibility index (Phi) is 3.93. The summed E-state index contributed by atoms with van der Waals surface area (Å²) in [6.45, 7) is 0. The van der Waals surface area contributed by atoms with Crippen LogP contribution in [-0.4, -0.2) is 21.2 Å². The van der Waals surface area contributed by atoms with Gasteiger partial charge in [-0.3, -0.25) is 0 Å². The average Bonchev–Trinajstić information content (AvgIpc) is 2.94. The van der Waals surface area contributed by atoms with Gasteiger partial charge >= 0.3 is 0 Å². The van der Waals surface area contributed by atoms with Crippen molar-refractivity contribution in [2.24, 2.45) is 0 Å². The minimum atomic E-state index is 0.627. The zero-order valence-corrected chi connectivity index (χ0v) is 14.2. The van der Waals surface area contributed by atoms with Crippen molar-refractivity contribution in [2.75, 3.05) is 5.32 Å². The van der Waals surface area contributed by atoms with Crippen LogP contribution >= 0.6 is 45.8 Å². The molecule has 1 fully saturated rings. The van der Waals surface area contributed by atoms with Crippen molar-refractivity contribution in [3.05, 3.63) is 27.9 Å².